The van der Waals surface area contributed by atoms with Crippen molar-refractivity contribution in [1.29, 1.82) is 0 Å². The quantitative estimate of drug-likeness (QED) is 0.674. The number of halogens is 1. The third kappa shape index (κ3) is 4.28. The number of hydrogen-bond acceptors (Lipinski definition) is 4. The summed E-state index contributed by atoms with van der Waals surface area (Å²) in [4.78, 5) is 12.6. The monoisotopic (exact) mass is 487 g/mol. The Hall–Kier alpha value is -1.42. The van der Waals surface area contributed by atoms with E-state index < -0.39 is 9.84 Å². The molecule has 1 aromatic carbocycles. The number of sulfone groups is 1. The summed E-state index contributed by atoms with van der Waals surface area (Å²) >= 11 is 2.16. The number of aromatic nitrogens is 2. The molecule has 1 amide bonds. The van der Waals surface area contributed by atoms with Crippen LogP contribution in [-0.4, -0.2) is 35.6 Å². The van der Waals surface area contributed by atoms with Crippen molar-refractivity contribution in [1.82, 2.24) is 9.78 Å². The zero-order valence-corrected chi connectivity index (χ0v) is 18.0. The minimum atomic E-state index is -3.05. The smallest absolute Gasteiger partial charge is 0.256 e. The number of nitrogens with one attached hydrogen (secondary N) is 1. The third-order valence-corrected chi connectivity index (χ3v) is 6.81. The highest BCUT2D eigenvalue weighted by Gasteiger charge is 2.33. The molecule has 1 aliphatic rings. The standard InChI is InChI=1S/C18H22IN3O3S/c1-18(2,3)15-10-16(20-17(23)12-5-4-6-13(19)9-12)22(21-15)14-7-8-26(24,25)11-14/h4-6,9-10,14H,7-8,11H2,1-3H3,(H,20,23). The summed E-state index contributed by atoms with van der Waals surface area (Å²) in [5.41, 5.74) is 1.17. The van der Waals surface area contributed by atoms with Crippen molar-refractivity contribution < 1.29 is 13.2 Å². The zero-order valence-electron chi connectivity index (χ0n) is 15.0. The Morgan fingerprint density at radius 1 is 1.31 bits per heavy atom. The number of carbonyl (C=O) groups is 1. The van der Waals surface area contributed by atoms with Crippen molar-refractivity contribution >= 4 is 44.2 Å². The molecule has 8 heteroatoms. The summed E-state index contributed by atoms with van der Waals surface area (Å²) in [5.74, 6) is 0.531. The molecule has 1 aliphatic heterocycles. The molecule has 1 aromatic heterocycles. The molecule has 1 unspecified atom stereocenters. The Morgan fingerprint density at radius 2 is 2.04 bits per heavy atom. The minimum absolute atomic E-state index is 0.0599. The lowest BCUT2D eigenvalue weighted by Crippen LogP contribution is -2.20. The van der Waals surface area contributed by atoms with Gasteiger partial charge in [0.25, 0.3) is 5.91 Å². The van der Waals surface area contributed by atoms with Crippen molar-refractivity contribution in [2.45, 2.75) is 38.6 Å². The SMILES string of the molecule is CC(C)(C)c1cc(NC(=O)c2cccc(I)c2)n(C2CCS(=O)(=O)C2)n1. The molecule has 0 saturated carbocycles. The summed E-state index contributed by atoms with van der Waals surface area (Å²) in [6, 6.07) is 8.91. The van der Waals surface area contributed by atoms with Gasteiger partial charge in [-0.15, -0.1) is 0 Å². The van der Waals surface area contributed by atoms with E-state index in [1.54, 1.807) is 16.8 Å². The van der Waals surface area contributed by atoms with Crippen molar-refractivity contribution in [2.75, 3.05) is 16.8 Å². The van der Waals surface area contributed by atoms with Gasteiger partial charge in [-0.05, 0) is 47.2 Å². The fourth-order valence-electron chi connectivity index (χ4n) is 2.92. The van der Waals surface area contributed by atoms with Crippen molar-refractivity contribution in [3.8, 4) is 0 Å². The molecule has 0 radical (unpaired) electrons. The van der Waals surface area contributed by atoms with Crippen molar-refractivity contribution in [2.24, 2.45) is 0 Å². The van der Waals surface area contributed by atoms with Crippen LogP contribution in [0.25, 0.3) is 0 Å². The van der Waals surface area contributed by atoms with E-state index in [0.29, 0.717) is 17.8 Å². The summed E-state index contributed by atoms with van der Waals surface area (Å²) < 4.78 is 26.4. The molecule has 0 aliphatic carbocycles. The second kappa shape index (κ2) is 6.95. The predicted molar refractivity (Wildman–Crippen MR) is 110 cm³/mol. The van der Waals surface area contributed by atoms with E-state index in [4.69, 9.17) is 0 Å². The first-order valence-electron chi connectivity index (χ1n) is 8.42. The molecule has 6 nitrogen and oxygen atoms in total. The molecular weight excluding hydrogens is 465 g/mol. The van der Waals surface area contributed by atoms with Crippen LogP contribution in [-0.2, 0) is 15.3 Å². The molecule has 26 heavy (non-hydrogen) atoms. The molecule has 2 aromatic rings. The number of carbonyl (C=O) groups excluding carboxylic acids is 1. The van der Waals surface area contributed by atoms with Gasteiger partial charge in [-0.25, -0.2) is 13.1 Å². The van der Waals surface area contributed by atoms with Crippen LogP contribution in [0.4, 0.5) is 5.82 Å². The van der Waals surface area contributed by atoms with E-state index in [9.17, 15) is 13.2 Å². The van der Waals surface area contributed by atoms with Gasteiger partial charge in [0.05, 0.1) is 23.2 Å². The third-order valence-electron chi connectivity index (χ3n) is 4.39. The summed E-state index contributed by atoms with van der Waals surface area (Å²) in [6.07, 6.45) is 0.514. The number of amides is 1. The van der Waals surface area contributed by atoms with E-state index in [1.807, 2.05) is 39.0 Å². The van der Waals surface area contributed by atoms with Crippen LogP contribution in [0, 0.1) is 3.57 Å². The number of benzene rings is 1. The first kappa shape index (κ1) is 19.3. The van der Waals surface area contributed by atoms with Crippen molar-refractivity contribution in [3.05, 3.63) is 45.2 Å². The van der Waals surface area contributed by atoms with E-state index in [2.05, 4.69) is 33.0 Å². The van der Waals surface area contributed by atoms with Gasteiger partial charge in [-0.2, -0.15) is 5.10 Å². The number of rotatable bonds is 3. The lowest BCUT2D eigenvalue weighted by atomic mass is 9.92. The molecule has 140 valence electrons. The van der Waals surface area contributed by atoms with Crippen LogP contribution in [0.1, 0.15) is 49.3 Å². The Labute approximate surface area is 167 Å². The molecule has 3 rings (SSSR count). The van der Waals surface area contributed by atoms with Gasteiger partial charge in [-0.1, -0.05) is 26.8 Å². The van der Waals surface area contributed by atoms with E-state index in [-0.39, 0.29) is 28.9 Å². The van der Waals surface area contributed by atoms with Gasteiger partial charge in [0.2, 0.25) is 0 Å². The lowest BCUT2D eigenvalue weighted by Gasteiger charge is -2.15. The summed E-state index contributed by atoms with van der Waals surface area (Å²) in [7, 11) is -3.05. The Kier molecular flexibility index (Phi) is 5.17. The topological polar surface area (TPSA) is 81.1 Å². The highest BCUT2D eigenvalue weighted by atomic mass is 127. The van der Waals surface area contributed by atoms with Crippen LogP contribution in [0.2, 0.25) is 0 Å². The summed E-state index contributed by atoms with van der Waals surface area (Å²) in [5, 5.41) is 7.54. The normalized spacial score (nSPS) is 19.5. The number of nitrogens with zero attached hydrogens (tertiary/aromatic N) is 2. The first-order valence-corrected chi connectivity index (χ1v) is 11.3. The molecular formula is C18H22IN3O3S. The van der Waals surface area contributed by atoms with Crippen LogP contribution < -0.4 is 5.32 Å². The predicted octanol–water partition coefficient (Wildman–Crippen LogP) is 3.40. The average molecular weight is 487 g/mol. The van der Waals surface area contributed by atoms with Crippen LogP contribution in [0.5, 0.6) is 0 Å². The average Bonchev–Trinajstić information content (AvgIpc) is 3.10. The van der Waals surface area contributed by atoms with Gasteiger partial charge in [-0.3, -0.25) is 4.79 Å². The van der Waals surface area contributed by atoms with Crippen LogP contribution in [0.3, 0.4) is 0 Å². The molecule has 0 spiro atoms. The van der Waals surface area contributed by atoms with E-state index in [1.165, 1.54) is 0 Å². The molecule has 2 heterocycles. The van der Waals surface area contributed by atoms with Gasteiger partial charge < -0.3 is 5.32 Å². The maximum Gasteiger partial charge on any atom is 0.256 e. The van der Waals surface area contributed by atoms with Crippen molar-refractivity contribution in [3.63, 3.8) is 0 Å². The summed E-state index contributed by atoms with van der Waals surface area (Å²) in [6.45, 7) is 6.11. The minimum Gasteiger partial charge on any atom is -0.307 e. The molecule has 1 N–H and O–H groups in total. The Bertz CT molecular complexity index is 945. The number of hydrogen-bond donors (Lipinski definition) is 1. The Balaban J connectivity index is 1.94. The van der Waals surface area contributed by atoms with Gasteiger partial charge >= 0.3 is 0 Å². The fraction of sp³-hybridized carbons (Fsp3) is 0.444. The van der Waals surface area contributed by atoms with Gasteiger partial charge in [0.15, 0.2) is 9.84 Å². The van der Waals surface area contributed by atoms with E-state index in [0.717, 1.165) is 9.26 Å². The zero-order chi connectivity index (χ0) is 19.1. The van der Waals surface area contributed by atoms with Crippen LogP contribution >= 0.6 is 22.6 Å². The highest BCUT2D eigenvalue weighted by molar-refractivity contribution is 14.1. The van der Waals surface area contributed by atoms with Gasteiger partial charge in [0.1, 0.15) is 5.82 Å². The number of anilines is 1. The Morgan fingerprint density at radius 3 is 2.62 bits per heavy atom. The van der Waals surface area contributed by atoms with Gasteiger partial charge in [0, 0.05) is 20.6 Å². The highest BCUT2D eigenvalue weighted by Crippen LogP contribution is 2.31. The maximum absolute atomic E-state index is 12.6. The van der Waals surface area contributed by atoms with E-state index >= 15 is 0 Å². The molecule has 0 bridgehead atoms. The molecule has 1 saturated heterocycles. The maximum atomic E-state index is 12.6. The fourth-order valence-corrected chi connectivity index (χ4v) is 5.15. The van der Waals surface area contributed by atoms with Crippen LogP contribution in [0.15, 0.2) is 30.3 Å². The molecule has 1 fully saturated rings. The second-order valence-electron chi connectivity index (χ2n) is 7.63. The first-order chi connectivity index (χ1) is 12.0. The lowest BCUT2D eigenvalue weighted by molar-refractivity contribution is 0.102. The second-order valence-corrected chi connectivity index (χ2v) is 11.1. The largest absolute Gasteiger partial charge is 0.307 e. The molecule has 1 atom stereocenters.